The van der Waals surface area contributed by atoms with E-state index in [1.807, 2.05) is 0 Å². The molecular formula is C16H23BrN2O2. The van der Waals surface area contributed by atoms with Crippen molar-refractivity contribution in [3.05, 3.63) is 26.3 Å². The largest absolute Gasteiger partial charge is 0.370 e. The van der Waals surface area contributed by atoms with E-state index in [4.69, 9.17) is 9.72 Å². The van der Waals surface area contributed by atoms with Gasteiger partial charge in [-0.2, -0.15) is 0 Å². The van der Waals surface area contributed by atoms with Crippen LogP contribution in [-0.4, -0.2) is 17.1 Å². The number of nitrogens with zero attached hydrogens (tertiary/aromatic N) is 1. The van der Waals surface area contributed by atoms with E-state index in [1.165, 1.54) is 0 Å². The third-order valence-electron chi connectivity index (χ3n) is 5.09. The number of hydrogen-bond donors (Lipinski definition) is 1. The number of hydrogen-bond acceptors (Lipinski definition) is 3. The lowest BCUT2D eigenvalue weighted by Gasteiger charge is -2.41. The second kappa shape index (κ2) is 5.20. The summed E-state index contributed by atoms with van der Waals surface area (Å²) >= 11 is 3.39. The summed E-state index contributed by atoms with van der Waals surface area (Å²) in [6.07, 6.45) is 6.23. The van der Waals surface area contributed by atoms with Gasteiger partial charge in [-0.1, -0.05) is 13.8 Å². The summed E-state index contributed by atoms with van der Waals surface area (Å²) in [4.78, 5) is 20.0. The molecule has 2 aliphatic rings. The zero-order valence-electron chi connectivity index (χ0n) is 13.0. The van der Waals surface area contributed by atoms with Gasteiger partial charge >= 0.3 is 0 Å². The van der Waals surface area contributed by atoms with Crippen molar-refractivity contribution in [2.24, 2.45) is 5.41 Å². The second-order valence-corrected chi connectivity index (χ2v) is 8.04. The summed E-state index contributed by atoms with van der Waals surface area (Å²) in [6, 6.07) is 0. The molecule has 0 atom stereocenters. The number of ether oxygens (including phenoxy) is 1. The van der Waals surface area contributed by atoms with Gasteiger partial charge in [0.2, 0.25) is 0 Å². The molecule has 0 bridgehead atoms. The molecule has 2 saturated carbocycles. The number of aromatic amines is 1. The van der Waals surface area contributed by atoms with Crippen LogP contribution in [0.1, 0.15) is 69.8 Å². The van der Waals surface area contributed by atoms with Gasteiger partial charge in [0.05, 0.1) is 5.69 Å². The van der Waals surface area contributed by atoms with E-state index in [2.05, 4.69) is 34.8 Å². The third kappa shape index (κ3) is 2.82. The van der Waals surface area contributed by atoms with Crippen molar-refractivity contribution in [1.82, 2.24) is 9.97 Å². The van der Waals surface area contributed by atoms with Gasteiger partial charge in [0.25, 0.3) is 5.56 Å². The molecular weight excluding hydrogens is 332 g/mol. The van der Waals surface area contributed by atoms with Crippen LogP contribution >= 0.6 is 15.9 Å². The van der Waals surface area contributed by atoms with Crippen molar-refractivity contribution in [1.29, 1.82) is 0 Å². The lowest BCUT2D eigenvalue weighted by atomic mass is 9.70. The lowest BCUT2D eigenvalue weighted by molar-refractivity contribution is -0.0732. The summed E-state index contributed by atoms with van der Waals surface area (Å²) < 4.78 is 6.45. The molecule has 3 rings (SSSR count). The van der Waals surface area contributed by atoms with Crippen molar-refractivity contribution >= 4 is 15.9 Å². The van der Waals surface area contributed by atoms with Crippen LogP contribution in [0, 0.1) is 5.41 Å². The molecule has 2 aliphatic carbocycles. The van der Waals surface area contributed by atoms with Crippen LogP contribution in [0.5, 0.6) is 0 Å². The minimum Gasteiger partial charge on any atom is -0.370 e. The zero-order valence-corrected chi connectivity index (χ0v) is 14.5. The summed E-state index contributed by atoms with van der Waals surface area (Å²) in [5, 5.41) is 0. The van der Waals surface area contributed by atoms with Crippen LogP contribution in [0.4, 0.5) is 0 Å². The first-order chi connectivity index (χ1) is 9.87. The highest BCUT2D eigenvalue weighted by molar-refractivity contribution is 9.10. The van der Waals surface area contributed by atoms with Crippen LogP contribution in [0.2, 0.25) is 0 Å². The second-order valence-electron chi connectivity index (χ2n) is 7.25. The van der Waals surface area contributed by atoms with Gasteiger partial charge in [-0.05, 0) is 59.9 Å². The Bertz CT molecular complexity index is 595. The maximum absolute atomic E-state index is 12.2. The molecule has 1 N–H and O–H groups in total. The molecule has 2 fully saturated rings. The van der Waals surface area contributed by atoms with Gasteiger partial charge in [-0.25, -0.2) is 4.98 Å². The SMILES string of the molecule is COC1(c2nc(C3CC3)c(Br)c(=O)[nH]2)CCC(C)(C)CC1. The number of aromatic nitrogens is 2. The molecule has 1 aromatic rings. The van der Waals surface area contributed by atoms with E-state index >= 15 is 0 Å². The van der Waals surface area contributed by atoms with Crippen LogP contribution in [0.25, 0.3) is 0 Å². The van der Waals surface area contributed by atoms with E-state index in [0.717, 1.165) is 50.0 Å². The lowest BCUT2D eigenvalue weighted by Crippen LogP contribution is -2.39. The first-order valence-electron chi connectivity index (χ1n) is 7.72. The van der Waals surface area contributed by atoms with E-state index in [0.29, 0.717) is 15.8 Å². The maximum atomic E-state index is 12.2. The molecule has 0 amide bonds. The highest BCUT2D eigenvalue weighted by Gasteiger charge is 2.42. The average Bonchev–Trinajstić information content (AvgIpc) is 3.27. The number of rotatable bonds is 3. The molecule has 0 aromatic carbocycles. The molecule has 0 saturated heterocycles. The Morgan fingerprint density at radius 2 is 1.86 bits per heavy atom. The fourth-order valence-electron chi connectivity index (χ4n) is 3.19. The molecule has 0 spiro atoms. The molecule has 0 aliphatic heterocycles. The molecule has 116 valence electrons. The summed E-state index contributed by atoms with van der Waals surface area (Å²) in [6.45, 7) is 4.58. The Morgan fingerprint density at radius 1 is 1.24 bits per heavy atom. The molecule has 1 heterocycles. The third-order valence-corrected chi connectivity index (χ3v) is 5.85. The molecule has 0 radical (unpaired) electrons. The number of methoxy groups -OCH3 is 1. The Labute approximate surface area is 133 Å². The zero-order chi connectivity index (χ0) is 15.3. The maximum Gasteiger partial charge on any atom is 0.265 e. The van der Waals surface area contributed by atoms with E-state index in [1.54, 1.807) is 7.11 Å². The Morgan fingerprint density at radius 3 is 2.38 bits per heavy atom. The van der Waals surface area contributed by atoms with Crippen molar-refractivity contribution in [3.63, 3.8) is 0 Å². The van der Waals surface area contributed by atoms with Crippen molar-refractivity contribution in [2.45, 2.75) is 63.9 Å². The fraction of sp³-hybridized carbons (Fsp3) is 0.750. The van der Waals surface area contributed by atoms with Gasteiger partial charge in [-0.3, -0.25) is 4.79 Å². The molecule has 21 heavy (non-hydrogen) atoms. The fourth-order valence-corrected chi connectivity index (χ4v) is 3.70. The van der Waals surface area contributed by atoms with Gasteiger partial charge in [-0.15, -0.1) is 0 Å². The highest BCUT2D eigenvalue weighted by Crippen LogP contribution is 2.47. The predicted molar refractivity (Wildman–Crippen MR) is 85.5 cm³/mol. The van der Waals surface area contributed by atoms with Gasteiger partial charge in [0, 0.05) is 13.0 Å². The van der Waals surface area contributed by atoms with Crippen molar-refractivity contribution in [3.8, 4) is 0 Å². The average molecular weight is 355 g/mol. The van der Waals surface area contributed by atoms with E-state index in [-0.39, 0.29) is 5.56 Å². The number of H-pyrrole nitrogens is 1. The van der Waals surface area contributed by atoms with Gasteiger partial charge in [0.1, 0.15) is 15.9 Å². The smallest absolute Gasteiger partial charge is 0.265 e. The van der Waals surface area contributed by atoms with Gasteiger partial charge in [0.15, 0.2) is 0 Å². The Kier molecular flexibility index (Phi) is 3.77. The minimum atomic E-state index is -0.432. The summed E-state index contributed by atoms with van der Waals surface area (Å²) in [5.41, 5.74) is 0.744. The number of nitrogens with one attached hydrogen (secondary N) is 1. The van der Waals surface area contributed by atoms with Gasteiger partial charge < -0.3 is 9.72 Å². The first-order valence-corrected chi connectivity index (χ1v) is 8.52. The quantitative estimate of drug-likeness (QED) is 0.896. The van der Waals surface area contributed by atoms with Crippen LogP contribution < -0.4 is 5.56 Å². The normalized spacial score (nSPS) is 24.0. The Balaban J connectivity index is 2.00. The molecule has 4 nitrogen and oxygen atoms in total. The van der Waals surface area contributed by atoms with Crippen molar-refractivity contribution < 1.29 is 4.74 Å². The number of halogens is 1. The molecule has 0 unspecified atom stereocenters. The van der Waals surface area contributed by atoms with Crippen LogP contribution in [0.3, 0.4) is 0 Å². The van der Waals surface area contributed by atoms with Crippen LogP contribution in [0.15, 0.2) is 9.27 Å². The van der Waals surface area contributed by atoms with E-state index in [9.17, 15) is 4.79 Å². The van der Waals surface area contributed by atoms with Crippen LogP contribution in [-0.2, 0) is 10.3 Å². The van der Waals surface area contributed by atoms with E-state index < -0.39 is 5.60 Å². The first kappa shape index (κ1) is 15.2. The Hall–Kier alpha value is -0.680. The summed E-state index contributed by atoms with van der Waals surface area (Å²) in [5.74, 6) is 1.16. The molecule has 5 heteroatoms. The monoisotopic (exact) mass is 354 g/mol. The standard InChI is InChI=1S/C16H23BrN2O2/c1-15(2)6-8-16(21-3,9-7-15)14-18-12(10-4-5-10)11(17)13(20)19-14/h10H,4-9H2,1-3H3,(H,18,19,20). The predicted octanol–water partition coefficient (Wildman–Crippen LogP) is 3.85. The molecule has 1 aromatic heterocycles. The van der Waals surface area contributed by atoms with Crippen molar-refractivity contribution in [2.75, 3.05) is 7.11 Å². The minimum absolute atomic E-state index is 0.0804. The highest BCUT2D eigenvalue weighted by atomic mass is 79.9. The topological polar surface area (TPSA) is 55.0 Å². The summed E-state index contributed by atoms with van der Waals surface area (Å²) in [7, 11) is 1.73.